The van der Waals surface area contributed by atoms with Gasteiger partial charge >= 0.3 is 0 Å². The predicted molar refractivity (Wildman–Crippen MR) is 94.8 cm³/mol. The Hall–Kier alpha value is -2.77. The first-order chi connectivity index (χ1) is 12.6. The van der Waals surface area contributed by atoms with E-state index in [1.165, 1.54) is 0 Å². The molecule has 0 atom stereocenters. The number of aryl methyl sites for hydroxylation is 1. The van der Waals surface area contributed by atoms with Gasteiger partial charge in [0.2, 0.25) is 5.75 Å². The van der Waals surface area contributed by atoms with E-state index in [4.69, 9.17) is 14.2 Å². The number of aromatic nitrogens is 3. The van der Waals surface area contributed by atoms with Crippen molar-refractivity contribution >= 4 is 5.91 Å². The number of benzene rings is 1. The average Bonchev–Trinajstić information content (AvgIpc) is 3.09. The molecule has 1 aromatic carbocycles. The number of methoxy groups -OCH3 is 2. The summed E-state index contributed by atoms with van der Waals surface area (Å²) in [7, 11) is 3.20. The normalized spacial score (nSPS) is 19.7. The summed E-state index contributed by atoms with van der Waals surface area (Å²) in [6.07, 6.45) is 3.48. The second-order valence-electron chi connectivity index (χ2n) is 6.31. The second kappa shape index (κ2) is 8.07. The number of carbonyl (C=O) groups excluding carboxylic acids is 1. The zero-order chi connectivity index (χ0) is 18.5. The van der Waals surface area contributed by atoms with Gasteiger partial charge in [0.05, 0.1) is 26.0 Å². The standard InChI is InChI=1S/C18H24N4O4/c1-11-16(21-22-20-11)18(23)19-12-7-9-13(10-8-12)26-15-6-4-5-14(24-2)17(15)25-3/h4-6,12-13H,7-10H2,1-3H3,(H,19,23)(H,20,21,22). The first-order valence-electron chi connectivity index (χ1n) is 8.68. The van der Waals surface area contributed by atoms with E-state index in [0.29, 0.717) is 28.6 Å². The molecule has 1 aliphatic carbocycles. The molecular weight excluding hydrogens is 336 g/mol. The smallest absolute Gasteiger partial charge is 0.273 e. The summed E-state index contributed by atoms with van der Waals surface area (Å²) < 4.78 is 16.8. The molecule has 0 spiro atoms. The van der Waals surface area contributed by atoms with Gasteiger partial charge in [0, 0.05) is 6.04 Å². The van der Waals surface area contributed by atoms with Gasteiger partial charge in [-0.1, -0.05) is 6.07 Å². The molecule has 0 unspecified atom stereocenters. The van der Waals surface area contributed by atoms with E-state index >= 15 is 0 Å². The lowest BCUT2D eigenvalue weighted by molar-refractivity contribution is 0.0885. The molecule has 0 radical (unpaired) electrons. The maximum absolute atomic E-state index is 12.2. The number of aromatic amines is 1. The predicted octanol–water partition coefficient (Wildman–Crippen LogP) is 2.25. The molecule has 1 aromatic heterocycles. The highest BCUT2D eigenvalue weighted by atomic mass is 16.5. The van der Waals surface area contributed by atoms with E-state index in [-0.39, 0.29) is 18.1 Å². The topological polar surface area (TPSA) is 98.4 Å². The maximum Gasteiger partial charge on any atom is 0.273 e. The van der Waals surface area contributed by atoms with Crippen molar-refractivity contribution < 1.29 is 19.0 Å². The van der Waals surface area contributed by atoms with Gasteiger partial charge in [-0.3, -0.25) is 4.79 Å². The minimum absolute atomic E-state index is 0.0814. The molecule has 1 fully saturated rings. The number of H-pyrrole nitrogens is 1. The summed E-state index contributed by atoms with van der Waals surface area (Å²) in [5.74, 6) is 1.74. The van der Waals surface area contributed by atoms with Crippen molar-refractivity contribution in [1.29, 1.82) is 0 Å². The molecule has 140 valence electrons. The van der Waals surface area contributed by atoms with Crippen LogP contribution >= 0.6 is 0 Å². The number of amides is 1. The third-order valence-electron chi connectivity index (χ3n) is 4.61. The average molecular weight is 360 g/mol. The SMILES string of the molecule is COc1cccc(OC2CCC(NC(=O)c3n[nH]nc3C)CC2)c1OC. The van der Waals surface area contributed by atoms with Crippen molar-refractivity contribution in [2.75, 3.05) is 14.2 Å². The summed E-state index contributed by atoms with van der Waals surface area (Å²) in [4.78, 5) is 12.2. The van der Waals surface area contributed by atoms with Gasteiger partial charge in [-0.05, 0) is 44.7 Å². The van der Waals surface area contributed by atoms with Gasteiger partial charge in [-0.25, -0.2) is 0 Å². The van der Waals surface area contributed by atoms with Crippen molar-refractivity contribution in [1.82, 2.24) is 20.7 Å². The van der Waals surface area contributed by atoms with Crippen LogP contribution in [-0.2, 0) is 0 Å². The van der Waals surface area contributed by atoms with Crippen LogP contribution in [0.25, 0.3) is 0 Å². The fraction of sp³-hybridized carbons (Fsp3) is 0.500. The first-order valence-corrected chi connectivity index (χ1v) is 8.68. The van der Waals surface area contributed by atoms with Crippen LogP contribution in [-0.4, -0.2) is 47.7 Å². The molecule has 8 heteroatoms. The van der Waals surface area contributed by atoms with Crippen molar-refractivity contribution in [3.05, 3.63) is 29.6 Å². The summed E-state index contributed by atoms with van der Waals surface area (Å²) in [6, 6.07) is 5.71. The number of nitrogens with zero attached hydrogens (tertiary/aromatic N) is 2. The number of carbonyl (C=O) groups is 1. The van der Waals surface area contributed by atoms with Crippen LogP contribution in [0, 0.1) is 6.92 Å². The second-order valence-corrected chi connectivity index (χ2v) is 6.31. The Morgan fingerprint density at radius 1 is 1.12 bits per heavy atom. The summed E-state index contributed by atoms with van der Waals surface area (Å²) in [5.41, 5.74) is 0.953. The molecule has 0 bridgehead atoms. The first kappa shape index (κ1) is 18.0. The summed E-state index contributed by atoms with van der Waals surface area (Å²) >= 11 is 0. The summed E-state index contributed by atoms with van der Waals surface area (Å²) in [6.45, 7) is 1.75. The molecule has 2 aromatic rings. The quantitative estimate of drug-likeness (QED) is 0.820. The Bertz CT molecular complexity index is 753. The lowest BCUT2D eigenvalue weighted by atomic mass is 9.92. The zero-order valence-electron chi connectivity index (χ0n) is 15.2. The highest BCUT2D eigenvalue weighted by Crippen LogP contribution is 2.38. The third-order valence-corrected chi connectivity index (χ3v) is 4.61. The van der Waals surface area contributed by atoms with Crippen molar-refractivity contribution in [3.8, 4) is 17.2 Å². The van der Waals surface area contributed by atoms with Crippen LogP contribution < -0.4 is 19.5 Å². The van der Waals surface area contributed by atoms with E-state index in [2.05, 4.69) is 20.7 Å². The number of rotatable bonds is 6. The number of hydrogen-bond donors (Lipinski definition) is 2. The van der Waals surface area contributed by atoms with Gasteiger partial charge in [0.15, 0.2) is 17.2 Å². The lowest BCUT2D eigenvalue weighted by Crippen LogP contribution is -2.40. The van der Waals surface area contributed by atoms with Crippen molar-refractivity contribution in [2.24, 2.45) is 0 Å². The minimum atomic E-state index is -0.185. The molecule has 8 nitrogen and oxygen atoms in total. The highest BCUT2D eigenvalue weighted by Gasteiger charge is 2.26. The Morgan fingerprint density at radius 2 is 1.85 bits per heavy atom. The van der Waals surface area contributed by atoms with E-state index in [0.717, 1.165) is 25.7 Å². The van der Waals surface area contributed by atoms with Crippen LogP contribution in [0.4, 0.5) is 0 Å². The number of para-hydroxylation sites is 1. The van der Waals surface area contributed by atoms with Crippen LogP contribution in [0.1, 0.15) is 41.9 Å². The van der Waals surface area contributed by atoms with E-state index in [1.54, 1.807) is 21.1 Å². The Kier molecular flexibility index (Phi) is 5.60. The van der Waals surface area contributed by atoms with Crippen LogP contribution in [0.3, 0.4) is 0 Å². The van der Waals surface area contributed by atoms with Gasteiger partial charge in [0.1, 0.15) is 0 Å². The zero-order valence-corrected chi connectivity index (χ0v) is 15.2. The van der Waals surface area contributed by atoms with E-state index < -0.39 is 0 Å². The van der Waals surface area contributed by atoms with Gasteiger partial charge in [0.25, 0.3) is 5.91 Å². The largest absolute Gasteiger partial charge is 0.493 e. The van der Waals surface area contributed by atoms with Crippen LogP contribution in [0.15, 0.2) is 18.2 Å². The molecule has 1 heterocycles. The van der Waals surface area contributed by atoms with Crippen molar-refractivity contribution in [2.45, 2.75) is 44.8 Å². The fourth-order valence-electron chi connectivity index (χ4n) is 3.21. The molecule has 1 amide bonds. The molecule has 1 aliphatic rings. The number of ether oxygens (including phenoxy) is 3. The molecule has 0 saturated heterocycles. The van der Waals surface area contributed by atoms with E-state index in [1.807, 2.05) is 18.2 Å². The molecule has 26 heavy (non-hydrogen) atoms. The maximum atomic E-state index is 12.2. The molecular formula is C18H24N4O4. The van der Waals surface area contributed by atoms with Gasteiger partial charge in [-0.2, -0.15) is 15.4 Å². The number of hydrogen-bond acceptors (Lipinski definition) is 6. The summed E-state index contributed by atoms with van der Waals surface area (Å²) in [5, 5.41) is 13.3. The number of nitrogens with one attached hydrogen (secondary N) is 2. The van der Waals surface area contributed by atoms with Gasteiger partial charge < -0.3 is 19.5 Å². The Labute approximate surface area is 152 Å². The third kappa shape index (κ3) is 3.89. The minimum Gasteiger partial charge on any atom is -0.493 e. The lowest BCUT2D eigenvalue weighted by Gasteiger charge is -2.29. The Balaban J connectivity index is 1.54. The molecule has 0 aliphatic heterocycles. The van der Waals surface area contributed by atoms with Gasteiger partial charge in [-0.15, -0.1) is 0 Å². The fourth-order valence-corrected chi connectivity index (χ4v) is 3.21. The van der Waals surface area contributed by atoms with Crippen LogP contribution in [0.5, 0.6) is 17.2 Å². The highest BCUT2D eigenvalue weighted by molar-refractivity contribution is 5.93. The molecule has 3 rings (SSSR count). The molecule has 2 N–H and O–H groups in total. The van der Waals surface area contributed by atoms with Crippen molar-refractivity contribution in [3.63, 3.8) is 0 Å². The molecule has 1 saturated carbocycles. The monoisotopic (exact) mass is 360 g/mol. The van der Waals surface area contributed by atoms with E-state index in [9.17, 15) is 4.79 Å². The Morgan fingerprint density at radius 3 is 2.46 bits per heavy atom. The van der Waals surface area contributed by atoms with Crippen LogP contribution in [0.2, 0.25) is 0 Å².